The number of nitrogens with zero attached hydrogens (tertiary/aromatic N) is 3. The zero-order valence-electron chi connectivity index (χ0n) is 13.9. The molecular formula is C15H26N4O4S. The fourth-order valence-corrected chi connectivity index (χ4v) is 5.54. The van der Waals surface area contributed by atoms with E-state index in [9.17, 15) is 13.2 Å². The van der Waals surface area contributed by atoms with Crippen molar-refractivity contribution in [1.82, 2.24) is 18.8 Å². The van der Waals surface area contributed by atoms with Crippen LogP contribution in [0.1, 0.15) is 25.7 Å². The number of carbonyl (C=O) groups is 1. The Hall–Kier alpha value is -0.740. The van der Waals surface area contributed by atoms with Crippen LogP contribution in [-0.4, -0.2) is 91.9 Å². The normalized spacial score (nSPS) is 30.0. The minimum absolute atomic E-state index is 0.0824. The van der Waals surface area contributed by atoms with Crippen LogP contribution in [-0.2, 0) is 19.7 Å². The van der Waals surface area contributed by atoms with Crippen molar-refractivity contribution in [2.75, 3.05) is 52.4 Å². The summed E-state index contributed by atoms with van der Waals surface area (Å²) >= 11 is 0. The van der Waals surface area contributed by atoms with Crippen molar-refractivity contribution in [3.05, 3.63) is 0 Å². The highest BCUT2D eigenvalue weighted by Gasteiger charge is 2.47. The van der Waals surface area contributed by atoms with E-state index < -0.39 is 10.2 Å². The Morgan fingerprint density at radius 1 is 1.04 bits per heavy atom. The molecule has 0 bridgehead atoms. The summed E-state index contributed by atoms with van der Waals surface area (Å²) in [6, 6.07) is 0.390. The molecule has 1 spiro atoms. The van der Waals surface area contributed by atoms with Crippen LogP contribution in [0.2, 0.25) is 0 Å². The Morgan fingerprint density at radius 3 is 2.29 bits per heavy atom. The van der Waals surface area contributed by atoms with Gasteiger partial charge in [-0.05, 0) is 25.7 Å². The van der Waals surface area contributed by atoms with Gasteiger partial charge in [0.25, 0.3) is 10.2 Å². The molecule has 136 valence electrons. The number of carbonyl (C=O) groups excluding carboxylic acids is 1. The van der Waals surface area contributed by atoms with E-state index in [1.54, 1.807) is 8.61 Å². The topological polar surface area (TPSA) is 82.2 Å². The second-order valence-electron chi connectivity index (χ2n) is 7.28. The van der Waals surface area contributed by atoms with Gasteiger partial charge in [-0.15, -0.1) is 0 Å². The first-order chi connectivity index (χ1) is 11.5. The fraction of sp³-hybridized carbons (Fsp3) is 0.933. The molecule has 1 N–H and O–H groups in total. The largest absolute Gasteiger partial charge is 0.363 e. The Labute approximate surface area is 143 Å². The van der Waals surface area contributed by atoms with Crippen LogP contribution in [0.4, 0.5) is 0 Å². The first-order valence-corrected chi connectivity index (χ1v) is 10.3. The van der Waals surface area contributed by atoms with Crippen LogP contribution in [0.3, 0.4) is 0 Å². The SMILES string of the molecule is O=C1COC2(CCN(S(=O)(=O)N3CCNCC3)CC2)CN1C1CC1. The molecule has 0 radical (unpaired) electrons. The Kier molecular flexibility index (Phi) is 4.32. The second kappa shape index (κ2) is 6.21. The average Bonchev–Trinajstić information content (AvgIpc) is 3.44. The molecule has 1 aliphatic carbocycles. The lowest BCUT2D eigenvalue weighted by Crippen LogP contribution is -2.61. The zero-order chi connectivity index (χ0) is 16.8. The highest BCUT2D eigenvalue weighted by atomic mass is 32.2. The van der Waals surface area contributed by atoms with Crippen LogP contribution in [0.25, 0.3) is 0 Å². The van der Waals surface area contributed by atoms with E-state index >= 15 is 0 Å². The maximum Gasteiger partial charge on any atom is 0.282 e. The molecule has 3 aliphatic heterocycles. The van der Waals surface area contributed by atoms with Gasteiger partial charge in [-0.3, -0.25) is 4.79 Å². The summed E-state index contributed by atoms with van der Waals surface area (Å²) in [6.07, 6.45) is 3.50. The summed E-state index contributed by atoms with van der Waals surface area (Å²) in [7, 11) is -3.38. The van der Waals surface area contributed by atoms with Gasteiger partial charge in [0, 0.05) is 45.3 Å². The van der Waals surface area contributed by atoms with Crippen molar-refractivity contribution in [2.45, 2.75) is 37.3 Å². The molecule has 9 heteroatoms. The third-order valence-electron chi connectivity index (χ3n) is 5.63. The van der Waals surface area contributed by atoms with Crippen molar-refractivity contribution in [1.29, 1.82) is 0 Å². The van der Waals surface area contributed by atoms with Crippen LogP contribution >= 0.6 is 0 Å². The lowest BCUT2D eigenvalue weighted by Gasteiger charge is -2.47. The van der Waals surface area contributed by atoms with Crippen molar-refractivity contribution in [2.24, 2.45) is 0 Å². The molecule has 0 aromatic heterocycles. The quantitative estimate of drug-likeness (QED) is 0.699. The number of amides is 1. The molecule has 24 heavy (non-hydrogen) atoms. The van der Waals surface area contributed by atoms with E-state index in [1.807, 2.05) is 4.90 Å². The van der Waals surface area contributed by atoms with Crippen molar-refractivity contribution < 1.29 is 17.9 Å². The third kappa shape index (κ3) is 3.08. The minimum atomic E-state index is -3.38. The summed E-state index contributed by atoms with van der Waals surface area (Å²) in [6.45, 7) is 4.18. The molecular weight excluding hydrogens is 332 g/mol. The number of hydrogen-bond acceptors (Lipinski definition) is 5. The van der Waals surface area contributed by atoms with Crippen LogP contribution in [0, 0.1) is 0 Å². The summed E-state index contributed by atoms with van der Waals surface area (Å²) < 4.78 is 34.6. The number of piperidine rings is 1. The number of morpholine rings is 1. The van der Waals surface area contributed by atoms with E-state index in [2.05, 4.69) is 5.32 Å². The molecule has 0 unspecified atom stereocenters. The van der Waals surface area contributed by atoms with E-state index in [-0.39, 0.29) is 18.1 Å². The number of hydrogen-bond donors (Lipinski definition) is 1. The van der Waals surface area contributed by atoms with Crippen LogP contribution < -0.4 is 5.32 Å². The van der Waals surface area contributed by atoms with Crippen molar-refractivity contribution >= 4 is 16.1 Å². The number of piperazine rings is 1. The van der Waals surface area contributed by atoms with E-state index in [1.165, 1.54) is 0 Å². The monoisotopic (exact) mass is 358 g/mol. The lowest BCUT2D eigenvalue weighted by molar-refractivity contribution is -0.170. The first kappa shape index (κ1) is 16.7. The molecule has 0 aromatic rings. The molecule has 3 heterocycles. The van der Waals surface area contributed by atoms with E-state index in [0.29, 0.717) is 64.7 Å². The van der Waals surface area contributed by atoms with Crippen LogP contribution in [0.15, 0.2) is 0 Å². The standard InChI is InChI=1S/C15H26N4O4S/c20-14-11-23-15(12-19(14)13-1-2-13)3-7-17(8-4-15)24(21,22)18-9-5-16-6-10-18/h13,16H,1-12H2. The van der Waals surface area contributed by atoms with Gasteiger partial charge in [0.1, 0.15) is 6.61 Å². The molecule has 4 rings (SSSR count). The molecule has 4 fully saturated rings. The highest BCUT2D eigenvalue weighted by Crippen LogP contribution is 2.36. The summed E-state index contributed by atoms with van der Waals surface area (Å²) in [4.78, 5) is 14.0. The minimum Gasteiger partial charge on any atom is -0.363 e. The Bertz CT molecular complexity index is 593. The molecule has 1 amide bonds. The maximum absolute atomic E-state index is 12.8. The van der Waals surface area contributed by atoms with E-state index in [4.69, 9.17) is 4.74 Å². The highest BCUT2D eigenvalue weighted by molar-refractivity contribution is 7.86. The Morgan fingerprint density at radius 2 is 1.67 bits per heavy atom. The summed E-state index contributed by atoms with van der Waals surface area (Å²) in [5.41, 5.74) is -0.355. The second-order valence-corrected chi connectivity index (χ2v) is 9.21. The molecule has 0 atom stereocenters. The molecule has 4 aliphatic rings. The van der Waals surface area contributed by atoms with Gasteiger partial charge in [-0.1, -0.05) is 0 Å². The van der Waals surface area contributed by atoms with Gasteiger partial charge >= 0.3 is 0 Å². The predicted molar refractivity (Wildman–Crippen MR) is 87.6 cm³/mol. The number of rotatable bonds is 3. The fourth-order valence-electron chi connectivity index (χ4n) is 3.93. The van der Waals surface area contributed by atoms with Gasteiger partial charge in [0.05, 0.1) is 12.1 Å². The third-order valence-corrected chi connectivity index (χ3v) is 7.67. The van der Waals surface area contributed by atoms with Gasteiger partial charge < -0.3 is 15.0 Å². The number of ether oxygens (including phenoxy) is 1. The molecule has 0 aromatic carbocycles. The Balaban J connectivity index is 1.40. The first-order valence-electron chi connectivity index (χ1n) is 8.90. The summed E-state index contributed by atoms with van der Waals surface area (Å²) in [5.74, 6) is 0.0824. The van der Waals surface area contributed by atoms with Gasteiger partial charge in [-0.25, -0.2) is 0 Å². The lowest BCUT2D eigenvalue weighted by atomic mass is 9.90. The van der Waals surface area contributed by atoms with Crippen LogP contribution in [0.5, 0.6) is 0 Å². The van der Waals surface area contributed by atoms with Crippen molar-refractivity contribution in [3.8, 4) is 0 Å². The van der Waals surface area contributed by atoms with Gasteiger partial charge in [0.15, 0.2) is 0 Å². The molecule has 3 saturated heterocycles. The van der Waals surface area contributed by atoms with E-state index in [0.717, 1.165) is 12.8 Å². The maximum atomic E-state index is 12.8. The molecule has 8 nitrogen and oxygen atoms in total. The van der Waals surface area contributed by atoms with Crippen molar-refractivity contribution in [3.63, 3.8) is 0 Å². The smallest absolute Gasteiger partial charge is 0.282 e. The zero-order valence-corrected chi connectivity index (χ0v) is 14.8. The van der Waals surface area contributed by atoms with Gasteiger partial charge in [0.2, 0.25) is 5.91 Å². The number of nitrogens with one attached hydrogen (secondary N) is 1. The average molecular weight is 358 g/mol. The summed E-state index contributed by atoms with van der Waals surface area (Å²) in [5, 5.41) is 3.18. The molecule has 1 saturated carbocycles. The van der Waals surface area contributed by atoms with Gasteiger partial charge in [-0.2, -0.15) is 17.0 Å². The predicted octanol–water partition coefficient (Wildman–Crippen LogP) is -1.01.